The van der Waals surface area contributed by atoms with Crippen LogP contribution in [0, 0.1) is 6.92 Å². The molecule has 15 heavy (non-hydrogen) atoms. The van der Waals surface area contributed by atoms with E-state index < -0.39 is 28.4 Å². The standard InChI is InChI=1S/C8H5ClF3NO2/c1-3-4(8(10,11)12)2-13-6(5(3)9)7(14)15/h2H,1H3,(H,14,15). The number of hydrogen-bond acceptors (Lipinski definition) is 2. The van der Waals surface area contributed by atoms with Crippen LogP contribution in [0.5, 0.6) is 0 Å². The number of aromatic nitrogens is 1. The molecular formula is C8H5ClF3NO2. The monoisotopic (exact) mass is 239 g/mol. The summed E-state index contributed by atoms with van der Waals surface area (Å²) < 4.78 is 36.9. The normalized spacial score (nSPS) is 11.5. The predicted octanol–water partition coefficient (Wildman–Crippen LogP) is 2.76. The summed E-state index contributed by atoms with van der Waals surface area (Å²) in [5.74, 6) is -1.46. The zero-order chi connectivity index (χ0) is 11.8. The maximum absolute atomic E-state index is 12.3. The fourth-order valence-corrected chi connectivity index (χ4v) is 1.24. The summed E-state index contributed by atoms with van der Waals surface area (Å²) in [5, 5.41) is 8.07. The SMILES string of the molecule is Cc1c(C(F)(F)F)cnc(C(=O)O)c1Cl. The molecule has 0 fully saturated rings. The Morgan fingerprint density at radius 3 is 2.47 bits per heavy atom. The second-order valence-corrected chi connectivity index (χ2v) is 3.14. The average molecular weight is 240 g/mol. The van der Waals surface area contributed by atoms with Gasteiger partial charge in [0.25, 0.3) is 0 Å². The molecule has 1 aromatic heterocycles. The molecule has 0 bridgehead atoms. The second kappa shape index (κ2) is 3.69. The van der Waals surface area contributed by atoms with E-state index in [1.807, 2.05) is 0 Å². The molecule has 0 aliphatic carbocycles. The molecule has 0 spiro atoms. The van der Waals surface area contributed by atoms with Crippen LogP contribution in [0.25, 0.3) is 0 Å². The lowest BCUT2D eigenvalue weighted by molar-refractivity contribution is -0.138. The number of pyridine rings is 1. The Hall–Kier alpha value is -1.30. The lowest BCUT2D eigenvalue weighted by Gasteiger charge is -2.11. The van der Waals surface area contributed by atoms with E-state index in [1.165, 1.54) is 0 Å². The number of alkyl halides is 3. The number of halogens is 4. The first-order chi connectivity index (χ1) is 6.75. The highest BCUT2D eigenvalue weighted by Crippen LogP contribution is 2.34. The van der Waals surface area contributed by atoms with Gasteiger partial charge in [0, 0.05) is 6.20 Å². The summed E-state index contributed by atoms with van der Waals surface area (Å²) in [6.07, 6.45) is -4.12. The van der Waals surface area contributed by atoms with E-state index in [0.29, 0.717) is 6.20 Å². The van der Waals surface area contributed by atoms with Gasteiger partial charge in [0.1, 0.15) is 0 Å². The smallest absolute Gasteiger partial charge is 0.418 e. The van der Waals surface area contributed by atoms with Crippen LogP contribution in [0.3, 0.4) is 0 Å². The van der Waals surface area contributed by atoms with E-state index in [4.69, 9.17) is 16.7 Å². The van der Waals surface area contributed by atoms with Crippen LogP contribution < -0.4 is 0 Å². The van der Waals surface area contributed by atoms with Gasteiger partial charge in [-0.1, -0.05) is 11.6 Å². The summed E-state index contributed by atoms with van der Waals surface area (Å²) in [6, 6.07) is 0. The number of aromatic carboxylic acids is 1. The van der Waals surface area contributed by atoms with Gasteiger partial charge in [-0.05, 0) is 12.5 Å². The highest BCUT2D eigenvalue weighted by Gasteiger charge is 2.34. The number of carbonyl (C=O) groups is 1. The van der Waals surface area contributed by atoms with Crippen molar-refractivity contribution in [1.29, 1.82) is 0 Å². The van der Waals surface area contributed by atoms with Gasteiger partial charge in [-0.25, -0.2) is 9.78 Å². The number of nitrogens with zero attached hydrogens (tertiary/aromatic N) is 1. The van der Waals surface area contributed by atoms with Crippen LogP contribution in [-0.4, -0.2) is 16.1 Å². The summed E-state index contributed by atoms with van der Waals surface area (Å²) >= 11 is 5.46. The number of hydrogen-bond donors (Lipinski definition) is 1. The van der Waals surface area contributed by atoms with Crippen molar-refractivity contribution in [3.05, 3.63) is 28.0 Å². The molecule has 1 heterocycles. The van der Waals surface area contributed by atoms with E-state index >= 15 is 0 Å². The minimum Gasteiger partial charge on any atom is -0.476 e. The molecule has 0 aliphatic rings. The number of rotatable bonds is 1. The average Bonchev–Trinajstić information content (AvgIpc) is 2.06. The highest BCUT2D eigenvalue weighted by molar-refractivity contribution is 6.34. The highest BCUT2D eigenvalue weighted by atomic mass is 35.5. The molecule has 1 aromatic rings. The van der Waals surface area contributed by atoms with Crippen molar-refractivity contribution in [1.82, 2.24) is 4.98 Å². The van der Waals surface area contributed by atoms with Crippen molar-refractivity contribution in [3.63, 3.8) is 0 Å². The summed E-state index contributed by atoms with van der Waals surface area (Å²) in [6.45, 7) is 1.10. The third-order valence-corrected chi connectivity index (χ3v) is 2.23. The van der Waals surface area contributed by atoms with E-state index in [1.54, 1.807) is 0 Å². The molecule has 7 heteroatoms. The summed E-state index contributed by atoms with van der Waals surface area (Å²) in [7, 11) is 0. The lowest BCUT2D eigenvalue weighted by atomic mass is 10.1. The largest absolute Gasteiger partial charge is 0.476 e. The van der Waals surface area contributed by atoms with Crippen molar-refractivity contribution in [2.75, 3.05) is 0 Å². The van der Waals surface area contributed by atoms with Gasteiger partial charge < -0.3 is 5.11 Å². The topological polar surface area (TPSA) is 50.2 Å². The van der Waals surface area contributed by atoms with E-state index in [2.05, 4.69) is 4.98 Å². The van der Waals surface area contributed by atoms with Gasteiger partial charge in [-0.3, -0.25) is 0 Å². The number of carboxylic acid groups (broad SMARTS) is 1. The van der Waals surface area contributed by atoms with Crippen LogP contribution in [0.1, 0.15) is 21.6 Å². The van der Waals surface area contributed by atoms with E-state index in [0.717, 1.165) is 6.92 Å². The summed E-state index contributed by atoms with van der Waals surface area (Å²) in [4.78, 5) is 13.7. The molecular weight excluding hydrogens is 235 g/mol. The van der Waals surface area contributed by atoms with Crippen LogP contribution in [0.4, 0.5) is 13.2 Å². The summed E-state index contributed by atoms with van der Waals surface area (Å²) in [5.41, 5.74) is -1.95. The maximum Gasteiger partial charge on any atom is 0.418 e. The molecule has 0 saturated heterocycles. The quantitative estimate of drug-likeness (QED) is 0.820. The first kappa shape index (κ1) is 11.8. The van der Waals surface area contributed by atoms with E-state index in [9.17, 15) is 18.0 Å². The second-order valence-electron chi connectivity index (χ2n) is 2.76. The fourth-order valence-electron chi connectivity index (χ4n) is 1.01. The van der Waals surface area contributed by atoms with Crippen LogP contribution in [0.2, 0.25) is 5.02 Å². The Bertz CT molecular complexity index is 417. The minimum absolute atomic E-state index is 0.337. The Morgan fingerprint density at radius 2 is 2.07 bits per heavy atom. The molecule has 0 atom stereocenters. The van der Waals surface area contributed by atoms with Crippen LogP contribution in [-0.2, 0) is 6.18 Å². The third-order valence-electron chi connectivity index (χ3n) is 1.77. The van der Waals surface area contributed by atoms with Crippen molar-refractivity contribution >= 4 is 17.6 Å². The molecule has 0 unspecified atom stereocenters. The van der Waals surface area contributed by atoms with Gasteiger partial charge in [-0.15, -0.1) is 0 Å². The predicted molar refractivity (Wildman–Crippen MR) is 45.9 cm³/mol. The van der Waals surface area contributed by atoms with Gasteiger partial charge in [0.15, 0.2) is 5.69 Å². The van der Waals surface area contributed by atoms with Crippen LogP contribution >= 0.6 is 11.6 Å². The molecule has 0 amide bonds. The molecule has 0 saturated carbocycles. The minimum atomic E-state index is -4.59. The van der Waals surface area contributed by atoms with Crippen molar-refractivity contribution in [2.24, 2.45) is 0 Å². The Balaban J connectivity index is 3.41. The lowest BCUT2D eigenvalue weighted by Crippen LogP contribution is -2.12. The van der Waals surface area contributed by atoms with Gasteiger partial charge in [-0.2, -0.15) is 13.2 Å². The zero-order valence-electron chi connectivity index (χ0n) is 7.39. The zero-order valence-corrected chi connectivity index (χ0v) is 8.15. The Morgan fingerprint density at radius 1 is 1.53 bits per heavy atom. The molecule has 0 radical (unpaired) electrons. The van der Waals surface area contributed by atoms with Crippen LogP contribution in [0.15, 0.2) is 6.20 Å². The van der Waals surface area contributed by atoms with Gasteiger partial charge >= 0.3 is 12.1 Å². The van der Waals surface area contributed by atoms with Crippen molar-refractivity contribution < 1.29 is 23.1 Å². The third kappa shape index (κ3) is 2.20. The molecule has 82 valence electrons. The first-order valence-corrected chi connectivity index (χ1v) is 4.08. The van der Waals surface area contributed by atoms with Gasteiger partial charge in [0.05, 0.1) is 10.6 Å². The molecule has 3 nitrogen and oxygen atoms in total. The van der Waals surface area contributed by atoms with Crippen molar-refractivity contribution in [3.8, 4) is 0 Å². The molecule has 1 rings (SSSR count). The first-order valence-electron chi connectivity index (χ1n) is 3.70. The Labute approximate surface area is 87.5 Å². The molecule has 0 aliphatic heterocycles. The Kier molecular flexibility index (Phi) is 2.90. The number of carboxylic acids is 1. The van der Waals surface area contributed by atoms with E-state index in [-0.39, 0.29) is 5.56 Å². The van der Waals surface area contributed by atoms with Crippen molar-refractivity contribution in [2.45, 2.75) is 13.1 Å². The maximum atomic E-state index is 12.3. The molecule has 1 N–H and O–H groups in total. The fraction of sp³-hybridized carbons (Fsp3) is 0.250. The molecule has 0 aromatic carbocycles. The van der Waals surface area contributed by atoms with Gasteiger partial charge in [0.2, 0.25) is 0 Å².